The van der Waals surface area contributed by atoms with Crippen molar-refractivity contribution in [3.63, 3.8) is 0 Å². The van der Waals surface area contributed by atoms with E-state index in [0.29, 0.717) is 32.1 Å². The van der Waals surface area contributed by atoms with Gasteiger partial charge in [-0.25, -0.2) is 9.59 Å². The van der Waals surface area contributed by atoms with E-state index in [4.69, 9.17) is 14.3 Å². The van der Waals surface area contributed by atoms with E-state index in [-0.39, 0.29) is 18.3 Å². The van der Waals surface area contributed by atoms with Crippen molar-refractivity contribution < 1.29 is 23.8 Å². The van der Waals surface area contributed by atoms with Crippen molar-refractivity contribution in [2.24, 2.45) is 0 Å². The lowest BCUT2D eigenvalue weighted by Crippen LogP contribution is -2.45. The molecule has 7 heteroatoms. The molecule has 2 heterocycles. The van der Waals surface area contributed by atoms with Crippen molar-refractivity contribution >= 4 is 12.0 Å². The van der Waals surface area contributed by atoms with Gasteiger partial charge in [0.25, 0.3) is 0 Å². The maximum atomic E-state index is 11.7. The molecule has 1 saturated heterocycles. The van der Waals surface area contributed by atoms with Gasteiger partial charge in [0, 0.05) is 13.1 Å². The average Bonchev–Trinajstić information content (AvgIpc) is 2.86. The number of hydrogen-bond acceptors (Lipinski definition) is 4. The van der Waals surface area contributed by atoms with Crippen LogP contribution in [0.25, 0.3) is 0 Å². The molecule has 0 radical (unpaired) electrons. The van der Waals surface area contributed by atoms with Gasteiger partial charge in [-0.1, -0.05) is 0 Å². The molecule has 0 unspecified atom stereocenters. The van der Waals surface area contributed by atoms with Crippen LogP contribution in [0.1, 0.15) is 16.3 Å². The predicted octanol–water partition coefficient (Wildman–Crippen LogP) is 0.520. The van der Waals surface area contributed by atoms with E-state index in [2.05, 4.69) is 5.32 Å². The first-order valence-corrected chi connectivity index (χ1v) is 5.59. The number of amides is 2. The summed E-state index contributed by atoms with van der Waals surface area (Å²) in [5.41, 5.74) is 0. The number of carboxylic acid groups (broad SMARTS) is 1. The summed E-state index contributed by atoms with van der Waals surface area (Å²) in [5.74, 6) is -0.847. The van der Waals surface area contributed by atoms with Crippen LogP contribution in [0.5, 0.6) is 0 Å². The number of furan rings is 1. The summed E-state index contributed by atoms with van der Waals surface area (Å²) >= 11 is 0. The van der Waals surface area contributed by atoms with E-state index in [0.717, 1.165) is 0 Å². The molecule has 0 saturated carbocycles. The third-order valence-corrected chi connectivity index (χ3v) is 2.58. The largest absolute Gasteiger partial charge is 0.475 e. The molecule has 0 aliphatic carbocycles. The average molecular weight is 254 g/mol. The van der Waals surface area contributed by atoms with E-state index < -0.39 is 5.97 Å². The number of morpholine rings is 1. The van der Waals surface area contributed by atoms with Crippen molar-refractivity contribution in [3.8, 4) is 0 Å². The molecule has 0 bridgehead atoms. The topological polar surface area (TPSA) is 92.0 Å². The summed E-state index contributed by atoms with van der Waals surface area (Å²) in [5, 5.41) is 11.3. The summed E-state index contributed by atoms with van der Waals surface area (Å²) in [6.07, 6.45) is 0. The molecular formula is C11H14N2O5. The zero-order chi connectivity index (χ0) is 13.0. The standard InChI is InChI=1S/C11H14N2O5/c14-10(15)9-2-1-8(18-9)7-12-11(16)13-3-5-17-6-4-13/h1-2H,3-7H2,(H,12,16)(H,14,15). The summed E-state index contributed by atoms with van der Waals surface area (Å²) in [7, 11) is 0. The molecule has 0 spiro atoms. The summed E-state index contributed by atoms with van der Waals surface area (Å²) in [6.45, 7) is 2.37. The molecule has 1 aliphatic rings. The highest BCUT2D eigenvalue weighted by molar-refractivity contribution is 5.84. The number of hydrogen-bond donors (Lipinski definition) is 2. The van der Waals surface area contributed by atoms with Gasteiger partial charge < -0.3 is 24.5 Å². The molecule has 1 aliphatic heterocycles. The maximum absolute atomic E-state index is 11.7. The molecular weight excluding hydrogens is 240 g/mol. The molecule has 0 atom stereocenters. The monoisotopic (exact) mass is 254 g/mol. The van der Waals surface area contributed by atoms with Gasteiger partial charge in [-0.05, 0) is 12.1 Å². The Morgan fingerprint density at radius 2 is 2.06 bits per heavy atom. The molecule has 1 fully saturated rings. The second kappa shape index (κ2) is 5.54. The number of nitrogens with one attached hydrogen (secondary N) is 1. The minimum Gasteiger partial charge on any atom is -0.475 e. The molecule has 0 aromatic carbocycles. The van der Waals surface area contributed by atoms with Gasteiger partial charge in [-0.2, -0.15) is 0 Å². The predicted molar refractivity (Wildman–Crippen MR) is 60.3 cm³/mol. The summed E-state index contributed by atoms with van der Waals surface area (Å²) in [6, 6.07) is 2.69. The normalized spacial score (nSPS) is 15.4. The van der Waals surface area contributed by atoms with Gasteiger partial charge in [0.1, 0.15) is 5.76 Å². The molecule has 7 nitrogen and oxygen atoms in total. The number of carboxylic acids is 1. The van der Waals surface area contributed by atoms with Gasteiger partial charge >= 0.3 is 12.0 Å². The van der Waals surface area contributed by atoms with E-state index >= 15 is 0 Å². The van der Waals surface area contributed by atoms with Gasteiger partial charge in [0.15, 0.2) is 0 Å². The third-order valence-electron chi connectivity index (χ3n) is 2.58. The van der Waals surface area contributed by atoms with Gasteiger partial charge in [0.05, 0.1) is 19.8 Å². The van der Waals surface area contributed by atoms with Crippen LogP contribution in [0.4, 0.5) is 4.79 Å². The zero-order valence-corrected chi connectivity index (χ0v) is 9.72. The zero-order valence-electron chi connectivity index (χ0n) is 9.72. The fourth-order valence-electron chi connectivity index (χ4n) is 1.63. The number of rotatable bonds is 3. The number of urea groups is 1. The first-order chi connectivity index (χ1) is 8.66. The highest BCUT2D eigenvalue weighted by atomic mass is 16.5. The highest BCUT2D eigenvalue weighted by Crippen LogP contribution is 2.07. The molecule has 98 valence electrons. The van der Waals surface area contributed by atoms with Crippen molar-refractivity contribution in [3.05, 3.63) is 23.7 Å². The van der Waals surface area contributed by atoms with Crippen LogP contribution in [-0.2, 0) is 11.3 Å². The number of carbonyl (C=O) groups is 2. The van der Waals surface area contributed by atoms with Crippen LogP contribution >= 0.6 is 0 Å². The minimum absolute atomic E-state index is 0.134. The molecule has 1 aromatic rings. The molecule has 2 amide bonds. The fourth-order valence-corrected chi connectivity index (χ4v) is 1.63. The molecule has 2 rings (SSSR count). The fraction of sp³-hybridized carbons (Fsp3) is 0.455. The number of nitrogens with zero attached hydrogens (tertiary/aromatic N) is 1. The van der Waals surface area contributed by atoms with Crippen molar-refractivity contribution in [1.82, 2.24) is 10.2 Å². The first kappa shape index (κ1) is 12.4. The third kappa shape index (κ3) is 3.01. The smallest absolute Gasteiger partial charge is 0.371 e. The van der Waals surface area contributed by atoms with E-state index in [9.17, 15) is 9.59 Å². The lowest BCUT2D eigenvalue weighted by atomic mass is 10.4. The van der Waals surface area contributed by atoms with Crippen LogP contribution in [0.2, 0.25) is 0 Å². The van der Waals surface area contributed by atoms with Crippen LogP contribution in [0.15, 0.2) is 16.5 Å². The van der Waals surface area contributed by atoms with Crippen molar-refractivity contribution in [1.29, 1.82) is 0 Å². The molecule has 1 aromatic heterocycles. The Bertz CT molecular complexity index is 436. The maximum Gasteiger partial charge on any atom is 0.371 e. The van der Waals surface area contributed by atoms with Gasteiger partial charge in [-0.3, -0.25) is 0 Å². The van der Waals surface area contributed by atoms with E-state index in [1.54, 1.807) is 4.90 Å². The Morgan fingerprint density at radius 1 is 1.33 bits per heavy atom. The Balaban J connectivity index is 1.82. The van der Waals surface area contributed by atoms with Crippen LogP contribution in [-0.4, -0.2) is 48.3 Å². The van der Waals surface area contributed by atoms with Crippen LogP contribution in [0, 0.1) is 0 Å². The van der Waals surface area contributed by atoms with Gasteiger partial charge in [-0.15, -0.1) is 0 Å². The number of aromatic carboxylic acids is 1. The molecule has 2 N–H and O–H groups in total. The first-order valence-electron chi connectivity index (χ1n) is 5.59. The molecule has 18 heavy (non-hydrogen) atoms. The second-order valence-corrected chi connectivity index (χ2v) is 3.83. The van der Waals surface area contributed by atoms with E-state index in [1.807, 2.05) is 0 Å². The van der Waals surface area contributed by atoms with Crippen LogP contribution < -0.4 is 5.32 Å². The summed E-state index contributed by atoms with van der Waals surface area (Å²) in [4.78, 5) is 24.0. The summed E-state index contributed by atoms with van der Waals surface area (Å²) < 4.78 is 10.2. The highest BCUT2D eigenvalue weighted by Gasteiger charge is 2.17. The van der Waals surface area contributed by atoms with Crippen LogP contribution in [0.3, 0.4) is 0 Å². The number of carbonyl (C=O) groups excluding carboxylic acids is 1. The second-order valence-electron chi connectivity index (χ2n) is 3.83. The Hall–Kier alpha value is -2.02. The quantitative estimate of drug-likeness (QED) is 0.820. The van der Waals surface area contributed by atoms with E-state index in [1.165, 1.54) is 12.1 Å². The Morgan fingerprint density at radius 3 is 2.67 bits per heavy atom. The van der Waals surface area contributed by atoms with Crippen molar-refractivity contribution in [2.45, 2.75) is 6.54 Å². The van der Waals surface area contributed by atoms with Gasteiger partial charge in [0.2, 0.25) is 5.76 Å². The van der Waals surface area contributed by atoms with Crippen molar-refractivity contribution in [2.75, 3.05) is 26.3 Å². The number of ether oxygens (including phenoxy) is 1. The Labute approximate surface area is 103 Å². The SMILES string of the molecule is O=C(O)c1ccc(CNC(=O)N2CCOCC2)o1. The lowest BCUT2D eigenvalue weighted by molar-refractivity contribution is 0.0530. The minimum atomic E-state index is -1.12. The lowest BCUT2D eigenvalue weighted by Gasteiger charge is -2.26. The Kier molecular flexibility index (Phi) is 3.83.